The Kier molecular flexibility index (Phi) is 5.97. The second kappa shape index (κ2) is 8.07. The average Bonchev–Trinajstić information content (AvgIpc) is 3.25. The summed E-state index contributed by atoms with van der Waals surface area (Å²) in [7, 11) is 0.154. The van der Waals surface area contributed by atoms with E-state index in [1.165, 1.54) is 16.7 Å². The Morgan fingerprint density at radius 3 is 2.93 bits per heavy atom. The van der Waals surface area contributed by atoms with Gasteiger partial charge in [0.2, 0.25) is 11.1 Å². The second-order valence-corrected chi connectivity index (χ2v) is 9.77. The number of hydrogen-bond donors (Lipinski definition) is 1. The van der Waals surface area contributed by atoms with Crippen molar-refractivity contribution in [3.8, 4) is 17.1 Å². The number of nitrogens with one attached hydrogen (secondary N) is 1. The van der Waals surface area contributed by atoms with Crippen molar-refractivity contribution in [3.63, 3.8) is 0 Å². The average molecular weight is 431 g/mol. The predicted octanol–water partition coefficient (Wildman–Crippen LogP) is 1.87. The molecule has 2 heterocycles. The molecular formula is C16H19ClN4O4S2. The molecule has 1 amide bonds. The van der Waals surface area contributed by atoms with Crippen LogP contribution in [0.2, 0.25) is 5.02 Å². The lowest BCUT2D eigenvalue weighted by Gasteiger charge is -2.22. The van der Waals surface area contributed by atoms with E-state index in [2.05, 4.69) is 15.2 Å². The third kappa shape index (κ3) is 4.74. The molecule has 0 saturated carbocycles. The number of carbonyl (C=O) groups is 1. The molecule has 1 fully saturated rings. The van der Waals surface area contributed by atoms with Crippen LogP contribution in [-0.2, 0) is 14.6 Å². The molecule has 1 saturated heterocycles. The molecule has 3 rings (SSSR count). The van der Waals surface area contributed by atoms with Crippen LogP contribution < -0.4 is 4.74 Å². The van der Waals surface area contributed by atoms with Gasteiger partial charge in [0.05, 0.1) is 29.9 Å². The zero-order valence-electron chi connectivity index (χ0n) is 14.8. The van der Waals surface area contributed by atoms with Crippen LogP contribution in [0.15, 0.2) is 23.4 Å². The Hall–Kier alpha value is -1.78. The van der Waals surface area contributed by atoms with Crippen molar-refractivity contribution in [1.82, 2.24) is 20.1 Å². The van der Waals surface area contributed by atoms with Gasteiger partial charge in [0, 0.05) is 18.1 Å². The van der Waals surface area contributed by atoms with Crippen molar-refractivity contribution in [3.05, 3.63) is 23.2 Å². The largest absolute Gasteiger partial charge is 0.496 e. The minimum absolute atomic E-state index is 0.0271. The molecule has 1 aromatic carbocycles. The molecule has 1 N–H and O–H groups in total. The van der Waals surface area contributed by atoms with Gasteiger partial charge in [0.15, 0.2) is 15.7 Å². The molecular weight excluding hydrogens is 412 g/mol. The fourth-order valence-electron chi connectivity index (χ4n) is 2.81. The van der Waals surface area contributed by atoms with Gasteiger partial charge in [0.25, 0.3) is 0 Å². The van der Waals surface area contributed by atoms with Crippen LogP contribution in [0.1, 0.15) is 6.42 Å². The number of benzene rings is 1. The standard InChI is InChI=1S/C16H19ClN4O4S2/c1-21(11-5-6-27(23,24)9-11)14(22)8-26-16-18-15(19-20-16)12-7-10(17)3-4-13(12)25-2/h3-4,7,11H,5-6,8-9H2,1-2H3,(H,18,19,20)/t11-/m1/s1. The normalized spacial score (nSPS) is 18.4. The monoisotopic (exact) mass is 430 g/mol. The van der Waals surface area contributed by atoms with E-state index in [0.717, 1.165) is 0 Å². The lowest BCUT2D eigenvalue weighted by Crippen LogP contribution is -2.38. The number of aromatic amines is 1. The topological polar surface area (TPSA) is 105 Å². The number of ether oxygens (including phenoxy) is 1. The van der Waals surface area contributed by atoms with Gasteiger partial charge in [-0.1, -0.05) is 23.4 Å². The van der Waals surface area contributed by atoms with Gasteiger partial charge >= 0.3 is 0 Å². The van der Waals surface area contributed by atoms with Crippen molar-refractivity contribution in [2.75, 3.05) is 31.4 Å². The molecule has 0 radical (unpaired) electrons. The molecule has 27 heavy (non-hydrogen) atoms. The van der Waals surface area contributed by atoms with Gasteiger partial charge < -0.3 is 9.64 Å². The van der Waals surface area contributed by atoms with Crippen LogP contribution in [0.25, 0.3) is 11.4 Å². The number of carbonyl (C=O) groups excluding carboxylic acids is 1. The van der Waals surface area contributed by atoms with Gasteiger partial charge in [-0.15, -0.1) is 5.10 Å². The summed E-state index contributed by atoms with van der Waals surface area (Å²) in [5.74, 6) is 1.21. The fraction of sp³-hybridized carbons (Fsp3) is 0.438. The molecule has 1 aliphatic heterocycles. The minimum Gasteiger partial charge on any atom is -0.496 e. The highest BCUT2D eigenvalue weighted by Gasteiger charge is 2.32. The first kappa shape index (κ1) is 20.0. The number of nitrogens with zero attached hydrogens (tertiary/aromatic N) is 3. The van der Waals surface area contributed by atoms with E-state index in [1.807, 2.05) is 0 Å². The molecule has 0 unspecified atom stereocenters. The van der Waals surface area contributed by atoms with Crippen molar-refractivity contribution < 1.29 is 17.9 Å². The summed E-state index contributed by atoms with van der Waals surface area (Å²) in [6.07, 6.45) is 0.481. The Morgan fingerprint density at radius 1 is 1.48 bits per heavy atom. The molecule has 1 atom stereocenters. The van der Waals surface area contributed by atoms with Gasteiger partial charge in [-0.3, -0.25) is 9.89 Å². The predicted molar refractivity (Wildman–Crippen MR) is 104 cm³/mol. The summed E-state index contributed by atoms with van der Waals surface area (Å²) < 4.78 is 28.5. The molecule has 2 aromatic rings. The van der Waals surface area contributed by atoms with Crippen molar-refractivity contribution in [1.29, 1.82) is 0 Å². The van der Waals surface area contributed by atoms with Crippen molar-refractivity contribution in [2.45, 2.75) is 17.6 Å². The van der Waals surface area contributed by atoms with E-state index in [1.54, 1.807) is 32.4 Å². The number of sulfone groups is 1. The van der Waals surface area contributed by atoms with Crippen LogP contribution in [0.4, 0.5) is 0 Å². The molecule has 11 heteroatoms. The second-order valence-electron chi connectivity index (χ2n) is 6.16. The number of rotatable bonds is 6. The lowest BCUT2D eigenvalue weighted by molar-refractivity contribution is -0.128. The Balaban J connectivity index is 1.63. The third-order valence-corrected chi connectivity index (χ3v) is 7.17. The van der Waals surface area contributed by atoms with Gasteiger partial charge in [-0.2, -0.15) is 0 Å². The fourth-order valence-corrected chi connectivity index (χ4v) is 5.48. The molecule has 1 aliphatic rings. The highest BCUT2D eigenvalue weighted by molar-refractivity contribution is 7.99. The van der Waals surface area contributed by atoms with E-state index in [-0.39, 0.29) is 29.2 Å². The zero-order chi connectivity index (χ0) is 19.6. The Bertz CT molecular complexity index is 948. The van der Waals surface area contributed by atoms with Crippen molar-refractivity contribution in [2.24, 2.45) is 0 Å². The molecule has 0 aliphatic carbocycles. The summed E-state index contributed by atoms with van der Waals surface area (Å²) in [5.41, 5.74) is 0.670. The molecule has 8 nitrogen and oxygen atoms in total. The first-order valence-corrected chi connectivity index (χ1v) is 11.3. The third-order valence-electron chi connectivity index (χ3n) is 4.36. The minimum atomic E-state index is -3.03. The number of aromatic nitrogens is 3. The Morgan fingerprint density at radius 2 is 2.26 bits per heavy atom. The SMILES string of the molecule is COc1ccc(Cl)cc1-c1nc(SCC(=O)N(C)[C@@H]2CCS(=O)(=O)C2)n[nH]1. The number of halogens is 1. The highest BCUT2D eigenvalue weighted by atomic mass is 35.5. The summed E-state index contributed by atoms with van der Waals surface area (Å²) >= 11 is 7.22. The summed E-state index contributed by atoms with van der Waals surface area (Å²) in [6.45, 7) is 0. The Labute approximate surface area is 166 Å². The van der Waals surface area contributed by atoms with Crippen LogP contribution in [0.3, 0.4) is 0 Å². The van der Waals surface area contributed by atoms with Gasteiger partial charge in [0.1, 0.15) is 5.75 Å². The van der Waals surface area contributed by atoms with Crippen LogP contribution in [0, 0.1) is 0 Å². The lowest BCUT2D eigenvalue weighted by atomic mass is 10.2. The van der Waals surface area contributed by atoms with E-state index in [9.17, 15) is 13.2 Å². The van der Waals surface area contributed by atoms with Crippen molar-refractivity contribution >= 4 is 39.1 Å². The maximum Gasteiger partial charge on any atom is 0.233 e. The first-order valence-electron chi connectivity index (χ1n) is 8.14. The maximum atomic E-state index is 12.3. The zero-order valence-corrected chi connectivity index (χ0v) is 17.2. The number of methoxy groups -OCH3 is 1. The maximum absolute atomic E-state index is 12.3. The number of amides is 1. The van der Waals surface area contributed by atoms with Gasteiger partial charge in [-0.25, -0.2) is 13.4 Å². The van der Waals surface area contributed by atoms with Crippen LogP contribution >= 0.6 is 23.4 Å². The summed E-state index contributed by atoms with van der Waals surface area (Å²) in [4.78, 5) is 18.2. The summed E-state index contributed by atoms with van der Waals surface area (Å²) in [6, 6.07) is 4.91. The molecule has 146 valence electrons. The number of H-pyrrole nitrogens is 1. The smallest absolute Gasteiger partial charge is 0.233 e. The summed E-state index contributed by atoms with van der Waals surface area (Å²) in [5, 5.41) is 7.88. The van der Waals surface area contributed by atoms with E-state index < -0.39 is 9.84 Å². The highest BCUT2D eigenvalue weighted by Crippen LogP contribution is 2.31. The van der Waals surface area contributed by atoms with E-state index >= 15 is 0 Å². The van der Waals surface area contributed by atoms with E-state index in [4.69, 9.17) is 16.3 Å². The number of thioether (sulfide) groups is 1. The number of hydrogen-bond acceptors (Lipinski definition) is 7. The quantitative estimate of drug-likeness (QED) is 0.697. The molecule has 0 bridgehead atoms. The first-order chi connectivity index (χ1) is 12.8. The molecule has 1 aromatic heterocycles. The van der Waals surface area contributed by atoms with Crippen LogP contribution in [0.5, 0.6) is 5.75 Å². The van der Waals surface area contributed by atoms with Crippen LogP contribution in [-0.4, -0.2) is 71.9 Å². The van der Waals surface area contributed by atoms with Gasteiger partial charge in [-0.05, 0) is 24.6 Å². The molecule has 0 spiro atoms. The van der Waals surface area contributed by atoms with E-state index in [0.29, 0.717) is 33.7 Å².